The van der Waals surface area contributed by atoms with Crippen LogP contribution in [0.2, 0.25) is 0 Å². The largest absolute Gasteiger partial charge is 0.350 e. The summed E-state index contributed by atoms with van der Waals surface area (Å²) >= 11 is 2.11. The van der Waals surface area contributed by atoms with Crippen molar-refractivity contribution in [2.24, 2.45) is 0 Å². The number of carbonyl (C=O) groups excluding carboxylic acids is 2. The molecule has 0 unspecified atom stereocenters. The summed E-state index contributed by atoms with van der Waals surface area (Å²) in [6.45, 7) is 5.02. The minimum atomic E-state index is -3.84. The van der Waals surface area contributed by atoms with Crippen LogP contribution in [-0.4, -0.2) is 49.5 Å². The van der Waals surface area contributed by atoms with Gasteiger partial charge in [0.2, 0.25) is 21.8 Å². The molecule has 0 aliphatic heterocycles. The number of hydrogen-bond donors (Lipinski definition) is 1. The Morgan fingerprint density at radius 2 is 1.51 bits per heavy atom. The molecule has 0 aliphatic carbocycles. The molecule has 0 radical (unpaired) electrons. The molecule has 7 nitrogen and oxygen atoms in total. The van der Waals surface area contributed by atoms with Crippen molar-refractivity contribution in [2.45, 2.75) is 45.3 Å². The van der Waals surface area contributed by atoms with E-state index in [9.17, 15) is 22.4 Å². The Hall–Kier alpha value is -2.99. The van der Waals surface area contributed by atoms with E-state index in [-0.39, 0.29) is 18.9 Å². The number of sulfonamides is 1. The molecule has 3 aromatic rings. The SMILES string of the molecule is CC(C)(C)NC(=O)[C@@H](Cc1ccccc1)N(Cc1ccc(F)cc1)C(=O)CN(c1ccc(I)cc1)S(C)(=O)=O. The van der Waals surface area contributed by atoms with E-state index in [1.165, 1.54) is 17.0 Å². The lowest BCUT2D eigenvalue weighted by Crippen LogP contribution is -2.56. The first-order valence-electron chi connectivity index (χ1n) is 12.4. The molecular weight excluding hydrogens is 632 g/mol. The summed E-state index contributed by atoms with van der Waals surface area (Å²) in [4.78, 5) is 29.0. The van der Waals surface area contributed by atoms with Crippen molar-refractivity contribution >= 4 is 50.1 Å². The predicted octanol–water partition coefficient (Wildman–Crippen LogP) is 4.75. The summed E-state index contributed by atoms with van der Waals surface area (Å²) < 4.78 is 41.2. The summed E-state index contributed by atoms with van der Waals surface area (Å²) in [6.07, 6.45) is 1.24. The van der Waals surface area contributed by atoms with Crippen LogP contribution < -0.4 is 9.62 Å². The fraction of sp³-hybridized carbons (Fsp3) is 0.310. The molecule has 0 saturated carbocycles. The number of carbonyl (C=O) groups is 2. The van der Waals surface area contributed by atoms with Crippen LogP contribution in [0.1, 0.15) is 31.9 Å². The van der Waals surface area contributed by atoms with Crippen molar-refractivity contribution in [3.8, 4) is 0 Å². The van der Waals surface area contributed by atoms with Crippen molar-refractivity contribution in [2.75, 3.05) is 17.1 Å². The molecule has 39 heavy (non-hydrogen) atoms. The van der Waals surface area contributed by atoms with Crippen LogP contribution in [0.15, 0.2) is 78.9 Å². The Labute approximate surface area is 243 Å². The minimum Gasteiger partial charge on any atom is -0.350 e. The van der Waals surface area contributed by atoms with Crippen molar-refractivity contribution in [1.82, 2.24) is 10.2 Å². The fourth-order valence-corrected chi connectivity index (χ4v) is 5.22. The summed E-state index contributed by atoms with van der Waals surface area (Å²) in [7, 11) is -3.84. The van der Waals surface area contributed by atoms with Crippen LogP contribution in [0.3, 0.4) is 0 Å². The van der Waals surface area contributed by atoms with Crippen LogP contribution in [0.25, 0.3) is 0 Å². The maximum absolute atomic E-state index is 14.0. The number of nitrogens with zero attached hydrogens (tertiary/aromatic N) is 2. The molecule has 1 atom stereocenters. The highest BCUT2D eigenvalue weighted by Crippen LogP contribution is 2.22. The van der Waals surface area contributed by atoms with E-state index in [1.807, 2.05) is 51.1 Å². The molecule has 0 fully saturated rings. The summed E-state index contributed by atoms with van der Waals surface area (Å²) in [5, 5.41) is 2.97. The molecule has 208 valence electrons. The Balaban J connectivity index is 2.06. The van der Waals surface area contributed by atoms with Gasteiger partial charge in [-0.2, -0.15) is 0 Å². The smallest absolute Gasteiger partial charge is 0.244 e. The van der Waals surface area contributed by atoms with Gasteiger partial charge in [0, 0.05) is 22.1 Å². The van der Waals surface area contributed by atoms with Gasteiger partial charge in [-0.1, -0.05) is 42.5 Å². The van der Waals surface area contributed by atoms with E-state index in [2.05, 4.69) is 27.9 Å². The number of halogens is 2. The second-order valence-electron chi connectivity index (χ2n) is 10.3. The fourth-order valence-electron chi connectivity index (χ4n) is 4.01. The van der Waals surface area contributed by atoms with Gasteiger partial charge in [-0.25, -0.2) is 12.8 Å². The molecule has 3 aromatic carbocycles. The van der Waals surface area contributed by atoms with Crippen LogP contribution in [0, 0.1) is 9.39 Å². The normalized spacial score (nSPS) is 12.5. The second kappa shape index (κ2) is 12.9. The van der Waals surface area contributed by atoms with Crippen molar-refractivity contribution in [1.29, 1.82) is 0 Å². The van der Waals surface area contributed by atoms with E-state index < -0.39 is 39.9 Å². The van der Waals surface area contributed by atoms with Gasteiger partial charge in [0.25, 0.3) is 0 Å². The predicted molar refractivity (Wildman–Crippen MR) is 160 cm³/mol. The molecule has 3 rings (SSSR count). The van der Waals surface area contributed by atoms with Crippen molar-refractivity contribution in [3.63, 3.8) is 0 Å². The van der Waals surface area contributed by atoms with Gasteiger partial charge >= 0.3 is 0 Å². The van der Waals surface area contributed by atoms with Gasteiger partial charge in [-0.15, -0.1) is 0 Å². The third-order valence-electron chi connectivity index (χ3n) is 5.83. The molecule has 0 saturated heterocycles. The third kappa shape index (κ3) is 9.31. The number of amides is 2. The molecule has 0 spiro atoms. The quantitative estimate of drug-likeness (QED) is 0.317. The first-order valence-corrected chi connectivity index (χ1v) is 15.3. The van der Waals surface area contributed by atoms with Crippen LogP contribution in [-0.2, 0) is 32.6 Å². The van der Waals surface area contributed by atoms with Gasteiger partial charge < -0.3 is 10.2 Å². The van der Waals surface area contributed by atoms with E-state index in [0.29, 0.717) is 11.3 Å². The topological polar surface area (TPSA) is 86.8 Å². The van der Waals surface area contributed by atoms with E-state index in [0.717, 1.165) is 19.7 Å². The average Bonchev–Trinajstić information content (AvgIpc) is 2.85. The number of benzene rings is 3. The highest BCUT2D eigenvalue weighted by atomic mass is 127. The molecule has 1 N–H and O–H groups in total. The highest BCUT2D eigenvalue weighted by Gasteiger charge is 2.34. The lowest BCUT2D eigenvalue weighted by Gasteiger charge is -2.35. The summed E-state index contributed by atoms with van der Waals surface area (Å²) in [6, 6.07) is 20.8. The van der Waals surface area contributed by atoms with Crippen LogP contribution >= 0.6 is 22.6 Å². The third-order valence-corrected chi connectivity index (χ3v) is 7.69. The Morgan fingerprint density at radius 3 is 2.05 bits per heavy atom. The molecule has 0 aromatic heterocycles. The maximum atomic E-state index is 14.0. The first-order chi connectivity index (χ1) is 18.2. The number of nitrogens with one attached hydrogen (secondary N) is 1. The summed E-state index contributed by atoms with van der Waals surface area (Å²) in [5.41, 5.74) is 1.20. The standard InChI is InChI=1S/C29H33FIN3O4S/c1-29(2,3)32-28(36)26(18-21-8-6-5-7-9-21)33(19-22-10-12-23(30)13-11-22)27(35)20-34(39(4,37)38)25-16-14-24(31)15-17-25/h5-17,26H,18-20H2,1-4H3,(H,32,36)/t26-/m1/s1. The Bertz CT molecular complexity index is 1380. The zero-order valence-corrected chi connectivity index (χ0v) is 25.4. The zero-order chi connectivity index (χ0) is 28.8. The van der Waals surface area contributed by atoms with Gasteiger partial charge in [-0.05, 0) is 90.9 Å². The van der Waals surface area contributed by atoms with E-state index in [1.54, 1.807) is 36.4 Å². The highest BCUT2D eigenvalue weighted by molar-refractivity contribution is 14.1. The van der Waals surface area contributed by atoms with Gasteiger partial charge in [0.15, 0.2) is 0 Å². The van der Waals surface area contributed by atoms with Crippen molar-refractivity contribution in [3.05, 3.63) is 99.4 Å². The molecule has 2 amide bonds. The average molecular weight is 666 g/mol. The number of hydrogen-bond acceptors (Lipinski definition) is 4. The molecule has 10 heteroatoms. The van der Waals surface area contributed by atoms with Crippen LogP contribution in [0.5, 0.6) is 0 Å². The van der Waals surface area contributed by atoms with Gasteiger partial charge in [0.1, 0.15) is 18.4 Å². The lowest BCUT2D eigenvalue weighted by molar-refractivity contribution is -0.140. The van der Waals surface area contributed by atoms with E-state index in [4.69, 9.17) is 0 Å². The second-order valence-corrected chi connectivity index (χ2v) is 13.5. The molecular formula is C29H33FIN3O4S. The number of anilines is 1. The van der Waals surface area contributed by atoms with Gasteiger partial charge in [-0.3, -0.25) is 13.9 Å². The summed E-state index contributed by atoms with van der Waals surface area (Å²) in [5.74, 6) is -1.36. The number of rotatable bonds is 10. The minimum absolute atomic E-state index is 0.0154. The van der Waals surface area contributed by atoms with Gasteiger partial charge in [0.05, 0.1) is 11.9 Å². The zero-order valence-electron chi connectivity index (χ0n) is 22.4. The Morgan fingerprint density at radius 1 is 0.923 bits per heavy atom. The lowest BCUT2D eigenvalue weighted by atomic mass is 10.0. The monoisotopic (exact) mass is 665 g/mol. The van der Waals surface area contributed by atoms with E-state index >= 15 is 0 Å². The molecule has 0 bridgehead atoms. The maximum Gasteiger partial charge on any atom is 0.244 e. The first kappa shape index (κ1) is 30.6. The molecule has 0 aliphatic rings. The van der Waals surface area contributed by atoms with Crippen molar-refractivity contribution < 1.29 is 22.4 Å². The van der Waals surface area contributed by atoms with Crippen LogP contribution in [0.4, 0.5) is 10.1 Å². The Kier molecular flexibility index (Phi) is 10.1. The molecule has 0 heterocycles.